The molecule has 1 fully saturated rings. The number of hydrogen-bond donors (Lipinski definition) is 1. The number of carbonyl (C=O) groups is 1. The maximum atomic E-state index is 13.5. The lowest BCUT2D eigenvalue weighted by Gasteiger charge is -2.30. The summed E-state index contributed by atoms with van der Waals surface area (Å²) in [5.41, 5.74) is 0.211. The average molecular weight is 547 g/mol. The van der Waals surface area contributed by atoms with E-state index in [1.54, 1.807) is 25.4 Å². The number of carbonyl (C=O) groups excluding carboxylic acids is 1. The Morgan fingerprint density at radius 1 is 1.08 bits per heavy atom. The zero-order chi connectivity index (χ0) is 28.0. The zero-order valence-electron chi connectivity index (χ0n) is 24.0. The highest BCUT2D eigenvalue weighted by atomic mass is 32.2. The molecule has 1 aromatic carbocycles. The molecular weight excluding hydrogens is 500 g/mol. The standard InChI is InChI=1S/C29H46N4O4S/c1-7-33-20-26(29(35)30-15-16-32(18-21(2)3)19-22(4)5)28(34)25-17-24(13-14-27(25)33)38(36,37)31(6)23-11-9-8-10-12-23/h13-14,17,20-23H,7-12,15-16,18-19H2,1-6H3,(H,30,35). The van der Waals surface area contributed by atoms with Gasteiger partial charge >= 0.3 is 0 Å². The van der Waals surface area contributed by atoms with E-state index in [-0.39, 0.29) is 21.9 Å². The molecule has 212 valence electrons. The summed E-state index contributed by atoms with van der Waals surface area (Å²) in [6.07, 6.45) is 6.46. The molecule has 9 heteroatoms. The molecule has 1 N–H and O–H groups in total. The molecule has 0 radical (unpaired) electrons. The lowest BCUT2D eigenvalue weighted by Crippen LogP contribution is -2.39. The van der Waals surface area contributed by atoms with Gasteiger partial charge in [-0.15, -0.1) is 0 Å². The number of amides is 1. The maximum absolute atomic E-state index is 13.5. The highest BCUT2D eigenvalue weighted by Crippen LogP contribution is 2.27. The van der Waals surface area contributed by atoms with E-state index in [2.05, 4.69) is 37.9 Å². The van der Waals surface area contributed by atoms with Crippen LogP contribution >= 0.6 is 0 Å². The van der Waals surface area contributed by atoms with Gasteiger partial charge in [-0.3, -0.25) is 9.59 Å². The number of rotatable bonds is 12. The third kappa shape index (κ3) is 7.24. The van der Waals surface area contributed by atoms with E-state index >= 15 is 0 Å². The Morgan fingerprint density at radius 3 is 2.29 bits per heavy atom. The first-order valence-corrected chi connectivity index (χ1v) is 15.6. The Hall–Kier alpha value is -2.23. The summed E-state index contributed by atoms with van der Waals surface area (Å²) >= 11 is 0. The molecule has 0 saturated heterocycles. The number of nitrogens with zero attached hydrogens (tertiary/aromatic N) is 3. The Kier molecular flexibility index (Phi) is 10.5. The predicted molar refractivity (Wildman–Crippen MR) is 154 cm³/mol. The van der Waals surface area contributed by atoms with Crippen LogP contribution < -0.4 is 10.7 Å². The second-order valence-corrected chi connectivity index (χ2v) is 13.5. The van der Waals surface area contributed by atoms with E-state index in [1.807, 2.05) is 11.5 Å². The first-order valence-electron chi connectivity index (χ1n) is 14.1. The summed E-state index contributed by atoms with van der Waals surface area (Å²) in [5.74, 6) is 0.606. The molecule has 0 bridgehead atoms. The van der Waals surface area contributed by atoms with Crippen molar-refractivity contribution in [3.05, 3.63) is 40.2 Å². The fourth-order valence-corrected chi connectivity index (χ4v) is 6.92. The van der Waals surface area contributed by atoms with E-state index in [0.29, 0.717) is 37.0 Å². The number of nitrogens with one attached hydrogen (secondary N) is 1. The first-order chi connectivity index (χ1) is 17.9. The number of pyridine rings is 1. The van der Waals surface area contributed by atoms with Gasteiger partial charge < -0.3 is 14.8 Å². The summed E-state index contributed by atoms with van der Waals surface area (Å²) in [6.45, 7) is 14.2. The lowest BCUT2D eigenvalue weighted by molar-refractivity contribution is 0.0944. The predicted octanol–water partition coefficient (Wildman–Crippen LogP) is 4.32. The zero-order valence-corrected chi connectivity index (χ0v) is 24.8. The Balaban J connectivity index is 1.87. The summed E-state index contributed by atoms with van der Waals surface area (Å²) in [6, 6.07) is 4.67. The number of aryl methyl sites for hydroxylation is 1. The van der Waals surface area contributed by atoms with Crippen molar-refractivity contribution >= 4 is 26.8 Å². The van der Waals surface area contributed by atoms with Gasteiger partial charge in [-0.05, 0) is 49.8 Å². The molecule has 8 nitrogen and oxygen atoms in total. The van der Waals surface area contributed by atoms with Crippen LogP contribution in [0.15, 0.2) is 34.1 Å². The molecule has 1 saturated carbocycles. The molecule has 1 aliphatic carbocycles. The van der Waals surface area contributed by atoms with Gasteiger partial charge in [-0.25, -0.2) is 8.42 Å². The number of aromatic nitrogens is 1. The minimum absolute atomic E-state index is 0.0279. The number of hydrogen-bond acceptors (Lipinski definition) is 5. The second-order valence-electron chi connectivity index (χ2n) is 11.5. The minimum Gasteiger partial charge on any atom is -0.351 e. The first kappa shape index (κ1) is 30.3. The van der Waals surface area contributed by atoms with Crippen molar-refractivity contribution in [2.45, 2.75) is 84.2 Å². The quantitative estimate of drug-likeness (QED) is 0.428. The SMILES string of the molecule is CCn1cc(C(=O)NCCN(CC(C)C)CC(C)C)c(=O)c2cc(S(=O)(=O)N(C)C3CCCCC3)ccc21. The third-order valence-corrected chi connectivity index (χ3v) is 9.27. The van der Waals surface area contributed by atoms with Gasteiger partial charge in [0.1, 0.15) is 5.56 Å². The summed E-state index contributed by atoms with van der Waals surface area (Å²) in [4.78, 5) is 29.0. The van der Waals surface area contributed by atoms with Crippen molar-refractivity contribution in [3.63, 3.8) is 0 Å². The van der Waals surface area contributed by atoms with Gasteiger partial charge in [-0.1, -0.05) is 47.0 Å². The van der Waals surface area contributed by atoms with Gasteiger partial charge in [0.25, 0.3) is 5.91 Å². The molecule has 1 heterocycles. The van der Waals surface area contributed by atoms with Crippen LogP contribution in [0.1, 0.15) is 77.1 Å². The summed E-state index contributed by atoms with van der Waals surface area (Å²) in [5, 5.41) is 3.17. The van der Waals surface area contributed by atoms with Crippen molar-refractivity contribution < 1.29 is 13.2 Å². The van der Waals surface area contributed by atoms with E-state index in [0.717, 1.165) is 45.2 Å². The average Bonchev–Trinajstić information content (AvgIpc) is 2.88. The monoisotopic (exact) mass is 546 g/mol. The molecule has 38 heavy (non-hydrogen) atoms. The molecule has 1 aliphatic rings. The van der Waals surface area contributed by atoms with Crippen molar-refractivity contribution in [3.8, 4) is 0 Å². The molecule has 3 rings (SSSR count). The Morgan fingerprint density at radius 2 is 1.71 bits per heavy atom. The van der Waals surface area contributed by atoms with Crippen LogP contribution in [-0.2, 0) is 16.6 Å². The smallest absolute Gasteiger partial charge is 0.256 e. The van der Waals surface area contributed by atoms with Gasteiger partial charge in [0, 0.05) is 57.4 Å². The molecular formula is C29H46N4O4S. The van der Waals surface area contributed by atoms with Gasteiger partial charge in [0.15, 0.2) is 0 Å². The van der Waals surface area contributed by atoms with Crippen LogP contribution in [0, 0.1) is 11.8 Å². The number of benzene rings is 1. The number of fused-ring (bicyclic) bond motifs is 1. The third-order valence-electron chi connectivity index (χ3n) is 7.36. The van der Waals surface area contributed by atoms with Crippen LogP contribution in [0.25, 0.3) is 10.9 Å². The van der Waals surface area contributed by atoms with E-state index in [4.69, 9.17) is 0 Å². The van der Waals surface area contributed by atoms with E-state index in [9.17, 15) is 18.0 Å². The highest BCUT2D eigenvalue weighted by Gasteiger charge is 2.29. The molecule has 1 aromatic heterocycles. The van der Waals surface area contributed by atoms with Gasteiger partial charge in [-0.2, -0.15) is 4.31 Å². The van der Waals surface area contributed by atoms with E-state index in [1.165, 1.54) is 10.4 Å². The molecule has 2 aromatic rings. The summed E-state index contributed by atoms with van der Waals surface area (Å²) in [7, 11) is -2.13. The van der Waals surface area contributed by atoms with E-state index < -0.39 is 21.4 Å². The second kappa shape index (κ2) is 13.2. The normalized spacial score (nSPS) is 15.3. The Bertz CT molecular complexity index is 1250. The van der Waals surface area contributed by atoms with Crippen molar-refractivity contribution in [1.29, 1.82) is 0 Å². The van der Waals surface area contributed by atoms with Crippen LogP contribution in [0.5, 0.6) is 0 Å². The van der Waals surface area contributed by atoms with Crippen molar-refractivity contribution in [1.82, 2.24) is 19.1 Å². The maximum Gasteiger partial charge on any atom is 0.256 e. The van der Waals surface area contributed by atoms with Crippen molar-refractivity contribution in [2.24, 2.45) is 11.8 Å². The topological polar surface area (TPSA) is 91.7 Å². The fourth-order valence-electron chi connectivity index (χ4n) is 5.48. The lowest BCUT2D eigenvalue weighted by atomic mass is 9.96. The Labute approximate surface area is 228 Å². The van der Waals surface area contributed by atoms with Crippen LogP contribution in [0.2, 0.25) is 0 Å². The van der Waals surface area contributed by atoms with Crippen molar-refractivity contribution in [2.75, 3.05) is 33.2 Å². The van der Waals surface area contributed by atoms with Crippen LogP contribution in [-0.4, -0.2) is 67.4 Å². The highest BCUT2D eigenvalue weighted by molar-refractivity contribution is 7.89. The molecule has 0 aliphatic heterocycles. The molecule has 1 amide bonds. The summed E-state index contributed by atoms with van der Waals surface area (Å²) < 4.78 is 30.2. The van der Waals surface area contributed by atoms with Crippen LogP contribution in [0.3, 0.4) is 0 Å². The fraction of sp³-hybridized carbons (Fsp3) is 0.655. The van der Waals surface area contributed by atoms with Crippen LogP contribution in [0.4, 0.5) is 0 Å². The molecule has 0 unspecified atom stereocenters. The van der Waals surface area contributed by atoms with Gasteiger partial charge in [0.05, 0.1) is 10.4 Å². The van der Waals surface area contributed by atoms with Gasteiger partial charge in [0.2, 0.25) is 15.5 Å². The minimum atomic E-state index is -3.76. The largest absolute Gasteiger partial charge is 0.351 e. The number of sulfonamides is 1. The molecule has 0 atom stereocenters. The molecule has 0 spiro atoms.